The van der Waals surface area contributed by atoms with Gasteiger partial charge in [-0.25, -0.2) is 9.59 Å². The van der Waals surface area contributed by atoms with E-state index in [1.165, 1.54) is 6.42 Å². The number of carboxylic acids is 1. The Balaban J connectivity index is 1.88. The Bertz CT molecular complexity index is 484. The Kier molecular flexibility index (Phi) is 4.61. The summed E-state index contributed by atoms with van der Waals surface area (Å²) in [6, 6.07) is 6.80. The summed E-state index contributed by atoms with van der Waals surface area (Å²) in [5.74, 6) is -0.942. The number of carbonyl (C=O) groups excluding carboxylic acids is 1. The highest BCUT2D eigenvalue weighted by atomic mass is 16.4. The van der Waals surface area contributed by atoms with Gasteiger partial charge in [0.05, 0.1) is 5.56 Å². The van der Waals surface area contributed by atoms with Gasteiger partial charge in [-0.1, -0.05) is 12.1 Å². The molecule has 1 aliphatic heterocycles. The first-order chi connectivity index (χ1) is 9.58. The van der Waals surface area contributed by atoms with Crippen LogP contribution in [0.3, 0.4) is 0 Å². The van der Waals surface area contributed by atoms with E-state index in [1.807, 2.05) is 4.90 Å². The van der Waals surface area contributed by atoms with Crippen molar-refractivity contribution in [3.8, 4) is 0 Å². The van der Waals surface area contributed by atoms with Gasteiger partial charge in [-0.15, -0.1) is 0 Å². The lowest BCUT2D eigenvalue weighted by Crippen LogP contribution is -2.47. The molecule has 0 bridgehead atoms. The maximum atomic E-state index is 12.1. The third-order valence-electron chi connectivity index (χ3n) is 3.71. The van der Waals surface area contributed by atoms with Crippen LogP contribution in [-0.4, -0.2) is 34.6 Å². The minimum absolute atomic E-state index is 0.0421. The van der Waals surface area contributed by atoms with Gasteiger partial charge >= 0.3 is 12.0 Å². The molecule has 0 saturated carbocycles. The van der Waals surface area contributed by atoms with E-state index in [9.17, 15) is 9.59 Å². The zero-order valence-electron chi connectivity index (χ0n) is 11.6. The third kappa shape index (κ3) is 3.50. The number of likely N-dealkylation sites (tertiary alicyclic amines) is 1. The molecule has 1 fully saturated rings. The van der Waals surface area contributed by atoms with Gasteiger partial charge in [0.15, 0.2) is 0 Å². The maximum absolute atomic E-state index is 12.1. The van der Waals surface area contributed by atoms with Gasteiger partial charge < -0.3 is 15.3 Å². The standard InChI is InChI=1S/C15H20N2O3/c1-11-4-2-3-9-17(11)15(20)16-10-12-5-7-13(8-6-12)14(18)19/h5-8,11H,2-4,9-10H2,1H3,(H,16,20)(H,18,19). The van der Waals surface area contributed by atoms with Crippen molar-refractivity contribution in [3.63, 3.8) is 0 Å². The lowest BCUT2D eigenvalue weighted by molar-refractivity contribution is 0.0697. The van der Waals surface area contributed by atoms with Gasteiger partial charge in [0, 0.05) is 19.1 Å². The molecule has 1 aliphatic rings. The Morgan fingerprint density at radius 3 is 2.60 bits per heavy atom. The summed E-state index contributed by atoms with van der Waals surface area (Å²) in [6.45, 7) is 3.30. The first kappa shape index (κ1) is 14.4. The zero-order valence-corrected chi connectivity index (χ0v) is 11.6. The fourth-order valence-electron chi connectivity index (χ4n) is 2.44. The van der Waals surface area contributed by atoms with Crippen molar-refractivity contribution in [2.45, 2.75) is 38.8 Å². The van der Waals surface area contributed by atoms with Crippen LogP contribution in [-0.2, 0) is 6.54 Å². The molecule has 108 valence electrons. The molecule has 20 heavy (non-hydrogen) atoms. The van der Waals surface area contributed by atoms with Crippen molar-refractivity contribution in [2.24, 2.45) is 0 Å². The molecule has 0 radical (unpaired) electrons. The van der Waals surface area contributed by atoms with Gasteiger partial charge in [0.25, 0.3) is 0 Å². The van der Waals surface area contributed by atoms with Crippen molar-refractivity contribution >= 4 is 12.0 Å². The van der Waals surface area contributed by atoms with Crippen molar-refractivity contribution in [1.82, 2.24) is 10.2 Å². The number of hydrogen-bond donors (Lipinski definition) is 2. The number of nitrogens with zero attached hydrogens (tertiary/aromatic N) is 1. The molecule has 1 saturated heterocycles. The molecular formula is C15H20N2O3. The number of nitrogens with one attached hydrogen (secondary N) is 1. The molecule has 0 spiro atoms. The number of benzene rings is 1. The van der Waals surface area contributed by atoms with Crippen LogP contribution in [0, 0.1) is 0 Å². The van der Waals surface area contributed by atoms with Crippen molar-refractivity contribution in [1.29, 1.82) is 0 Å². The normalized spacial score (nSPS) is 18.6. The van der Waals surface area contributed by atoms with Crippen molar-refractivity contribution in [3.05, 3.63) is 35.4 Å². The highest BCUT2D eigenvalue weighted by Crippen LogP contribution is 2.16. The van der Waals surface area contributed by atoms with Gasteiger partial charge in [0.2, 0.25) is 0 Å². The second kappa shape index (κ2) is 6.41. The average molecular weight is 276 g/mol. The SMILES string of the molecule is CC1CCCCN1C(=O)NCc1ccc(C(=O)O)cc1. The molecule has 5 heteroatoms. The first-order valence-electron chi connectivity index (χ1n) is 6.94. The van der Waals surface area contributed by atoms with E-state index in [0.29, 0.717) is 6.54 Å². The number of hydrogen-bond acceptors (Lipinski definition) is 2. The Labute approximate surface area is 118 Å². The topological polar surface area (TPSA) is 69.6 Å². The molecule has 2 N–H and O–H groups in total. The summed E-state index contributed by atoms with van der Waals surface area (Å²) in [5, 5.41) is 11.7. The highest BCUT2D eigenvalue weighted by molar-refractivity contribution is 5.87. The van der Waals surface area contributed by atoms with Crippen LogP contribution < -0.4 is 5.32 Å². The van der Waals surface area contributed by atoms with Crippen molar-refractivity contribution < 1.29 is 14.7 Å². The minimum Gasteiger partial charge on any atom is -0.478 e. The van der Waals surface area contributed by atoms with Gasteiger partial charge in [0.1, 0.15) is 0 Å². The summed E-state index contributed by atoms with van der Waals surface area (Å²) in [5.41, 5.74) is 1.15. The Morgan fingerprint density at radius 2 is 2.00 bits per heavy atom. The number of aromatic carboxylic acids is 1. The number of carbonyl (C=O) groups is 2. The molecule has 1 heterocycles. The van der Waals surface area contributed by atoms with Crippen LogP contribution in [0.25, 0.3) is 0 Å². The monoisotopic (exact) mass is 276 g/mol. The second-order valence-corrected chi connectivity index (χ2v) is 5.20. The summed E-state index contributed by atoms with van der Waals surface area (Å²) < 4.78 is 0. The predicted octanol–water partition coefficient (Wildman–Crippen LogP) is 2.47. The van der Waals surface area contributed by atoms with Crippen molar-refractivity contribution in [2.75, 3.05) is 6.54 Å². The van der Waals surface area contributed by atoms with Crippen LogP contribution in [0.15, 0.2) is 24.3 Å². The van der Waals surface area contributed by atoms with E-state index in [4.69, 9.17) is 5.11 Å². The van der Waals surface area contributed by atoms with Crippen LogP contribution in [0.2, 0.25) is 0 Å². The Morgan fingerprint density at radius 1 is 1.30 bits per heavy atom. The van der Waals surface area contributed by atoms with Crippen LogP contribution in [0.5, 0.6) is 0 Å². The molecule has 1 aromatic carbocycles. The molecular weight excluding hydrogens is 256 g/mol. The fourth-order valence-corrected chi connectivity index (χ4v) is 2.44. The quantitative estimate of drug-likeness (QED) is 0.891. The number of urea groups is 1. The minimum atomic E-state index is -0.942. The van der Waals surface area contributed by atoms with Crippen LogP contribution >= 0.6 is 0 Å². The number of amides is 2. The maximum Gasteiger partial charge on any atom is 0.335 e. The van der Waals surface area contributed by atoms with E-state index in [0.717, 1.165) is 24.9 Å². The number of carboxylic acid groups (broad SMARTS) is 1. The lowest BCUT2D eigenvalue weighted by atomic mass is 10.0. The summed E-state index contributed by atoms with van der Waals surface area (Å²) in [6.07, 6.45) is 3.30. The van der Waals surface area contributed by atoms with Gasteiger partial charge in [-0.3, -0.25) is 0 Å². The zero-order chi connectivity index (χ0) is 14.5. The van der Waals surface area contributed by atoms with E-state index in [2.05, 4.69) is 12.2 Å². The predicted molar refractivity (Wildman–Crippen MR) is 75.7 cm³/mol. The smallest absolute Gasteiger partial charge is 0.335 e. The summed E-state index contributed by atoms with van der Waals surface area (Å²) in [7, 11) is 0. The average Bonchev–Trinajstić information content (AvgIpc) is 2.45. The first-order valence-corrected chi connectivity index (χ1v) is 6.94. The van der Waals surface area contributed by atoms with Gasteiger partial charge in [-0.05, 0) is 43.9 Å². The number of piperidine rings is 1. The molecule has 0 aromatic heterocycles. The third-order valence-corrected chi connectivity index (χ3v) is 3.71. The molecule has 1 aromatic rings. The summed E-state index contributed by atoms with van der Waals surface area (Å²) >= 11 is 0. The highest BCUT2D eigenvalue weighted by Gasteiger charge is 2.22. The van der Waals surface area contributed by atoms with Crippen LogP contribution in [0.4, 0.5) is 4.79 Å². The largest absolute Gasteiger partial charge is 0.478 e. The fraction of sp³-hybridized carbons (Fsp3) is 0.467. The second-order valence-electron chi connectivity index (χ2n) is 5.20. The van der Waals surface area contributed by atoms with E-state index in [1.54, 1.807) is 24.3 Å². The molecule has 0 aliphatic carbocycles. The molecule has 1 atom stereocenters. The molecule has 5 nitrogen and oxygen atoms in total. The molecule has 2 amide bonds. The Hall–Kier alpha value is -2.04. The summed E-state index contributed by atoms with van der Waals surface area (Å²) in [4.78, 5) is 24.7. The number of rotatable bonds is 3. The lowest BCUT2D eigenvalue weighted by Gasteiger charge is -2.33. The molecule has 2 rings (SSSR count). The van der Waals surface area contributed by atoms with Crippen LogP contribution in [0.1, 0.15) is 42.1 Å². The van der Waals surface area contributed by atoms with Gasteiger partial charge in [-0.2, -0.15) is 0 Å². The van der Waals surface area contributed by atoms with E-state index in [-0.39, 0.29) is 17.6 Å². The molecule has 1 unspecified atom stereocenters. The van der Waals surface area contributed by atoms with E-state index < -0.39 is 5.97 Å². The van der Waals surface area contributed by atoms with E-state index >= 15 is 0 Å².